The van der Waals surface area contributed by atoms with Crippen LogP contribution >= 0.6 is 0 Å². The van der Waals surface area contributed by atoms with Crippen LogP contribution in [-0.2, 0) is 19.1 Å². The van der Waals surface area contributed by atoms with Crippen LogP contribution < -0.4 is 5.32 Å². The van der Waals surface area contributed by atoms with Gasteiger partial charge in [-0.25, -0.2) is 9.59 Å². The van der Waals surface area contributed by atoms with Gasteiger partial charge in [0.15, 0.2) is 0 Å². The standard InChI is InChI=1S/C21H21NO6/c1-27-19(23)11-10-18(20(24)25)22-21(26)28-12-17-15-8-4-2-6-13(15)14-7-3-5-9-16(14)17/h2-9,17-18H,10-12H2,1H3,(H,22,26)(H,24,25). The number of ether oxygens (including phenoxy) is 2. The van der Waals surface area contributed by atoms with E-state index in [1.54, 1.807) is 0 Å². The minimum absolute atomic E-state index is 0.0772. The van der Waals surface area contributed by atoms with E-state index in [1.807, 2.05) is 48.5 Å². The molecule has 1 atom stereocenters. The first-order valence-corrected chi connectivity index (χ1v) is 8.92. The first-order chi connectivity index (χ1) is 13.5. The van der Waals surface area contributed by atoms with Gasteiger partial charge in [-0.1, -0.05) is 48.5 Å². The molecule has 1 unspecified atom stereocenters. The molecule has 0 fully saturated rings. The van der Waals surface area contributed by atoms with E-state index in [1.165, 1.54) is 7.11 Å². The molecule has 0 saturated heterocycles. The highest BCUT2D eigenvalue weighted by Gasteiger charge is 2.29. The lowest BCUT2D eigenvalue weighted by molar-refractivity contribution is -0.142. The van der Waals surface area contributed by atoms with Crippen molar-refractivity contribution in [2.45, 2.75) is 24.8 Å². The normalized spacial score (nSPS) is 13.2. The van der Waals surface area contributed by atoms with Gasteiger partial charge in [0.1, 0.15) is 12.6 Å². The number of fused-ring (bicyclic) bond motifs is 3. The van der Waals surface area contributed by atoms with Crippen molar-refractivity contribution in [1.82, 2.24) is 5.32 Å². The Morgan fingerprint density at radius 1 is 1.04 bits per heavy atom. The Balaban J connectivity index is 1.64. The summed E-state index contributed by atoms with van der Waals surface area (Å²) in [4.78, 5) is 34.6. The minimum Gasteiger partial charge on any atom is -0.480 e. The molecule has 3 rings (SSSR count). The second-order valence-corrected chi connectivity index (χ2v) is 6.48. The Morgan fingerprint density at radius 3 is 2.14 bits per heavy atom. The Bertz CT molecular complexity index is 848. The lowest BCUT2D eigenvalue weighted by Crippen LogP contribution is -2.41. The number of methoxy groups -OCH3 is 1. The summed E-state index contributed by atoms with van der Waals surface area (Å²) in [5.74, 6) is -1.89. The summed E-state index contributed by atoms with van der Waals surface area (Å²) in [6.45, 7) is 0.0865. The molecule has 7 nitrogen and oxygen atoms in total. The summed E-state index contributed by atoms with van der Waals surface area (Å²) < 4.78 is 9.81. The van der Waals surface area contributed by atoms with E-state index in [2.05, 4.69) is 10.1 Å². The van der Waals surface area contributed by atoms with Crippen molar-refractivity contribution in [1.29, 1.82) is 0 Å². The lowest BCUT2D eigenvalue weighted by Gasteiger charge is -2.17. The number of aliphatic carboxylic acids is 1. The van der Waals surface area contributed by atoms with E-state index in [9.17, 15) is 19.5 Å². The molecular weight excluding hydrogens is 362 g/mol. The first-order valence-electron chi connectivity index (χ1n) is 8.92. The highest BCUT2D eigenvalue weighted by Crippen LogP contribution is 2.44. The monoisotopic (exact) mass is 383 g/mol. The molecule has 146 valence electrons. The molecule has 0 saturated carbocycles. The number of alkyl carbamates (subject to hydrolysis) is 1. The fraction of sp³-hybridized carbons (Fsp3) is 0.286. The smallest absolute Gasteiger partial charge is 0.407 e. The Kier molecular flexibility index (Phi) is 5.93. The van der Waals surface area contributed by atoms with Crippen LogP contribution in [0.1, 0.15) is 29.9 Å². The number of esters is 1. The predicted octanol–water partition coefficient (Wildman–Crippen LogP) is 2.93. The van der Waals surface area contributed by atoms with Crippen LogP contribution in [0.5, 0.6) is 0 Å². The fourth-order valence-corrected chi connectivity index (χ4v) is 3.40. The summed E-state index contributed by atoms with van der Waals surface area (Å²) in [7, 11) is 1.22. The highest BCUT2D eigenvalue weighted by atomic mass is 16.5. The van der Waals surface area contributed by atoms with Crippen LogP contribution in [0.25, 0.3) is 11.1 Å². The van der Waals surface area contributed by atoms with Crippen LogP contribution in [0, 0.1) is 0 Å². The predicted molar refractivity (Wildman–Crippen MR) is 101 cm³/mol. The van der Waals surface area contributed by atoms with Crippen molar-refractivity contribution in [3.63, 3.8) is 0 Å². The molecule has 0 radical (unpaired) electrons. The first kappa shape index (κ1) is 19.4. The van der Waals surface area contributed by atoms with Crippen LogP contribution in [0.2, 0.25) is 0 Å². The molecular formula is C21H21NO6. The number of hydrogen-bond donors (Lipinski definition) is 2. The van der Waals surface area contributed by atoms with Gasteiger partial charge >= 0.3 is 18.0 Å². The Labute approximate surface area is 162 Å². The van der Waals surface area contributed by atoms with E-state index in [-0.39, 0.29) is 25.4 Å². The van der Waals surface area contributed by atoms with Gasteiger partial charge in [0.25, 0.3) is 0 Å². The SMILES string of the molecule is COC(=O)CCC(NC(=O)OCC1c2ccccc2-c2ccccc21)C(=O)O. The van der Waals surface area contributed by atoms with Crippen molar-refractivity contribution in [2.75, 3.05) is 13.7 Å². The van der Waals surface area contributed by atoms with Crippen LogP contribution in [0.3, 0.4) is 0 Å². The molecule has 1 amide bonds. The van der Waals surface area contributed by atoms with E-state index in [0.29, 0.717) is 0 Å². The number of benzene rings is 2. The summed E-state index contributed by atoms with van der Waals surface area (Å²) in [5.41, 5.74) is 4.34. The molecule has 0 aliphatic heterocycles. The van der Waals surface area contributed by atoms with Gasteiger partial charge in [-0.3, -0.25) is 4.79 Å². The minimum atomic E-state index is -1.24. The number of amides is 1. The number of nitrogens with one attached hydrogen (secondary N) is 1. The van der Waals surface area contributed by atoms with Gasteiger partial charge < -0.3 is 19.9 Å². The third kappa shape index (κ3) is 4.14. The maximum absolute atomic E-state index is 12.1. The van der Waals surface area contributed by atoms with Crippen molar-refractivity contribution >= 4 is 18.0 Å². The topological polar surface area (TPSA) is 102 Å². The van der Waals surface area contributed by atoms with E-state index < -0.39 is 24.1 Å². The zero-order chi connectivity index (χ0) is 20.1. The zero-order valence-electron chi connectivity index (χ0n) is 15.4. The van der Waals surface area contributed by atoms with Gasteiger partial charge in [0, 0.05) is 12.3 Å². The van der Waals surface area contributed by atoms with E-state index in [4.69, 9.17) is 4.74 Å². The molecule has 0 aromatic heterocycles. The maximum Gasteiger partial charge on any atom is 0.407 e. The Hall–Kier alpha value is -3.35. The second-order valence-electron chi connectivity index (χ2n) is 6.48. The lowest BCUT2D eigenvalue weighted by atomic mass is 9.98. The van der Waals surface area contributed by atoms with Crippen molar-refractivity contribution in [3.8, 4) is 11.1 Å². The second kappa shape index (κ2) is 8.56. The molecule has 7 heteroatoms. The van der Waals surface area contributed by atoms with Gasteiger partial charge in [-0.05, 0) is 28.7 Å². The molecule has 2 N–H and O–H groups in total. The Morgan fingerprint density at radius 2 is 1.61 bits per heavy atom. The molecule has 0 heterocycles. The molecule has 2 aromatic carbocycles. The van der Waals surface area contributed by atoms with Gasteiger partial charge in [-0.15, -0.1) is 0 Å². The molecule has 0 bridgehead atoms. The van der Waals surface area contributed by atoms with Crippen LogP contribution in [-0.4, -0.2) is 42.9 Å². The van der Waals surface area contributed by atoms with Gasteiger partial charge in [0.05, 0.1) is 7.11 Å². The largest absolute Gasteiger partial charge is 0.480 e. The summed E-state index contributed by atoms with van der Waals surface area (Å²) >= 11 is 0. The average molecular weight is 383 g/mol. The van der Waals surface area contributed by atoms with E-state index in [0.717, 1.165) is 22.3 Å². The van der Waals surface area contributed by atoms with Gasteiger partial charge in [0.2, 0.25) is 0 Å². The third-order valence-electron chi connectivity index (χ3n) is 4.80. The summed E-state index contributed by atoms with van der Waals surface area (Å²) in [6, 6.07) is 14.6. The van der Waals surface area contributed by atoms with Crippen LogP contribution in [0.15, 0.2) is 48.5 Å². The molecule has 1 aliphatic rings. The molecule has 28 heavy (non-hydrogen) atoms. The molecule has 1 aliphatic carbocycles. The number of carbonyl (C=O) groups excluding carboxylic acids is 2. The number of carbonyl (C=O) groups is 3. The zero-order valence-corrected chi connectivity index (χ0v) is 15.4. The maximum atomic E-state index is 12.1. The number of carboxylic acid groups (broad SMARTS) is 1. The third-order valence-corrected chi connectivity index (χ3v) is 4.80. The quantitative estimate of drug-likeness (QED) is 0.713. The average Bonchev–Trinajstić information content (AvgIpc) is 3.03. The van der Waals surface area contributed by atoms with Crippen LogP contribution in [0.4, 0.5) is 4.79 Å². The fourth-order valence-electron chi connectivity index (χ4n) is 3.40. The number of rotatable bonds is 7. The van der Waals surface area contributed by atoms with Crippen molar-refractivity contribution in [2.24, 2.45) is 0 Å². The molecule has 2 aromatic rings. The van der Waals surface area contributed by atoms with E-state index >= 15 is 0 Å². The molecule has 0 spiro atoms. The number of carboxylic acids is 1. The highest BCUT2D eigenvalue weighted by molar-refractivity contribution is 5.81. The van der Waals surface area contributed by atoms with Crippen molar-refractivity contribution < 1.29 is 29.0 Å². The van der Waals surface area contributed by atoms with Crippen molar-refractivity contribution in [3.05, 3.63) is 59.7 Å². The summed E-state index contributed by atoms with van der Waals surface area (Å²) in [5, 5.41) is 11.5. The number of hydrogen-bond acceptors (Lipinski definition) is 5. The summed E-state index contributed by atoms with van der Waals surface area (Å²) in [6.07, 6.45) is -1.03. The van der Waals surface area contributed by atoms with Gasteiger partial charge in [-0.2, -0.15) is 0 Å².